The second-order valence-corrected chi connectivity index (χ2v) is 6.34. The fourth-order valence-corrected chi connectivity index (χ4v) is 3.57. The summed E-state index contributed by atoms with van der Waals surface area (Å²) in [5.74, 6) is 0.623. The lowest BCUT2D eigenvalue weighted by atomic mass is 9.64. The van der Waals surface area contributed by atoms with Crippen molar-refractivity contribution in [3.05, 3.63) is 35.9 Å². The third-order valence-electron chi connectivity index (χ3n) is 5.03. The molecule has 2 aliphatic carbocycles. The molecule has 108 valence electrons. The van der Waals surface area contributed by atoms with Crippen LogP contribution in [0.25, 0.3) is 0 Å². The summed E-state index contributed by atoms with van der Waals surface area (Å²) in [6, 6.07) is 10.1. The Hall–Kier alpha value is -1.35. The van der Waals surface area contributed by atoms with Crippen LogP contribution in [0, 0.1) is 5.92 Å². The molecule has 2 fully saturated rings. The summed E-state index contributed by atoms with van der Waals surface area (Å²) in [7, 11) is 0. The molecule has 3 heteroatoms. The lowest BCUT2D eigenvalue weighted by Gasteiger charge is -2.41. The van der Waals surface area contributed by atoms with Crippen molar-refractivity contribution < 1.29 is 9.90 Å². The van der Waals surface area contributed by atoms with E-state index in [1.165, 1.54) is 0 Å². The van der Waals surface area contributed by atoms with Crippen LogP contribution < -0.4 is 5.32 Å². The first-order chi connectivity index (χ1) is 9.71. The van der Waals surface area contributed by atoms with Gasteiger partial charge < -0.3 is 10.4 Å². The molecule has 0 bridgehead atoms. The standard InChI is InChI=1S/C17H23NO2/c19-15-8-7-13(11-15)12-18-16(20)17(9-4-10-17)14-5-2-1-3-6-14/h1-3,5-6,13,15,19H,4,7-12H2,(H,18,20). The molecule has 0 saturated heterocycles. The van der Waals surface area contributed by atoms with E-state index in [2.05, 4.69) is 17.4 Å². The van der Waals surface area contributed by atoms with E-state index >= 15 is 0 Å². The molecule has 2 saturated carbocycles. The molecular weight excluding hydrogens is 250 g/mol. The van der Waals surface area contributed by atoms with Gasteiger partial charge in [-0.3, -0.25) is 4.79 Å². The largest absolute Gasteiger partial charge is 0.393 e. The summed E-state index contributed by atoms with van der Waals surface area (Å²) >= 11 is 0. The van der Waals surface area contributed by atoms with Crippen LogP contribution >= 0.6 is 0 Å². The van der Waals surface area contributed by atoms with Gasteiger partial charge in [-0.15, -0.1) is 0 Å². The molecule has 2 N–H and O–H groups in total. The lowest BCUT2D eigenvalue weighted by Crippen LogP contribution is -2.50. The maximum absolute atomic E-state index is 12.6. The first-order valence-corrected chi connectivity index (χ1v) is 7.72. The van der Waals surface area contributed by atoms with Crippen molar-refractivity contribution in [2.45, 2.75) is 50.0 Å². The van der Waals surface area contributed by atoms with Crippen molar-refractivity contribution in [2.75, 3.05) is 6.54 Å². The number of amides is 1. The molecule has 3 nitrogen and oxygen atoms in total. The molecule has 2 unspecified atom stereocenters. The number of rotatable bonds is 4. The van der Waals surface area contributed by atoms with E-state index in [4.69, 9.17) is 0 Å². The highest BCUT2D eigenvalue weighted by Gasteiger charge is 2.45. The van der Waals surface area contributed by atoms with Gasteiger partial charge in [0.05, 0.1) is 11.5 Å². The van der Waals surface area contributed by atoms with Crippen LogP contribution in [0.3, 0.4) is 0 Å². The van der Waals surface area contributed by atoms with Gasteiger partial charge in [0, 0.05) is 6.54 Å². The van der Waals surface area contributed by atoms with Crippen LogP contribution in [0.4, 0.5) is 0 Å². The molecule has 0 heterocycles. The van der Waals surface area contributed by atoms with E-state index in [0.29, 0.717) is 12.5 Å². The molecule has 0 aliphatic heterocycles. The van der Waals surface area contributed by atoms with Crippen molar-refractivity contribution in [3.8, 4) is 0 Å². The Balaban J connectivity index is 1.63. The number of carbonyl (C=O) groups excluding carboxylic acids is 1. The SMILES string of the molecule is O=C(NCC1CCC(O)C1)C1(c2ccccc2)CCC1. The van der Waals surface area contributed by atoms with Gasteiger partial charge in [0.1, 0.15) is 0 Å². The van der Waals surface area contributed by atoms with E-state index in [-0.39, 0.29) is 17.4 Å². The minimum atomic E-state index is -0.293. The summed E-state index contributed by atoms with van der Waals surface area (Å²) in [4.78, 5) is 12.6. The van der Waals surface area contributed by atoms with Gasteiger partial charge in [0.25, 0.3) is 0 Å². The predicted molar refractivity (Wildman–Crippen MR) is 78.3 cm³/mol. The molecule has 20 heavy (non-hydrogen) atoms. The molecule has 0 radical (unpaired) electrons. The fraction of sp³-hybridized carbons (Fsp3) is 0.588. The number of benzene rings is 1. The second kappa shape index (κ2) is 5.57. The predicted octanol–water partition coefficient (Wildman–Crippen LogP) is 2.39. The number of aliphatic hydroxyl groups excluding tert-OH is 1. The smallest absolute Gasteiger partial charge is 0.230 e. The Labute approximate surface area is 120 Å². The lowest BCUT2D eigenvalue weighted by molar-refractivity contribution is -0.130. The molecule has 0 aromatic heterocycles. The highest BCUT2D eigenvalue weighted by molar-refractivity contribution is 5.89. The van der Waals surface area contributed by atoms with Gasteiger partial charge in [-0.2, -0.15) is 0 Å². The van der Waals surface area contributed by atoms with E-state index in [9.17, 15) is 9.90 Å². The summed E-state index contributed by atoms with van der Waals surface area (Å²) in [5, 5.41) is 12.7. The normalized spacial score (nSPS) is 27.9. The summed E-state index contributed by atoms with van der Waals surface area (Å²) in [6.45, 7) is 0.713. The van der Waals surface area contributed by atoms with Gasteiger partial charge in [-0.25, -0.2) is 0 Å². The molecule has 2 aliphatic rings. The number of hydrogen-bond acceptors (Lipinski definition) is 2. The Morgan fingerprint density at radius 1 is 1.25 bits per heavy atom. The van der Waals surface area contributed by atoms with E-state index in [0.717, 1.165) is 44.1 Å². The Kier molecular flexibility index (Phi) is 3.79. The average molecular weight is 273 g/mol. The number of carbonyl (C=O) groups is 1. The van der Waals surface area contributed by atoms with Crippen LogP contribution in [-0.2, 0) is 10.2 Å². The van der Waals surface area contributed by atoms with Crippen molar-refractivity contribution in [3.63, 3.8) is 0 Å². The van der Waals surface area contributed by atoms with Crippen molar-refractivity contribution in [1.29, 1.82) is 0 Å². The highest BCUT2D eigenvalue weighted by Crippen LogP contribution is 2.44. The molecule has 1 aromatic carbocycles. The Morgan fingerprint density at radius 2 is 2.00 bits per heavy atom. The van der Waals surface area contributed by atoms with Gasteiger partial charge in [0.2, 0.25) is 5.91 Å². The van der Waals surface area contributed by atoms with Crippen LogP contribution in [-0.4, -0.2) is 23.7 Å². The third kappa shape index (κ3) is 2.47. The maximum atomic E-state index is 12.6. The number of aliphatic hydroxyl groups is 1. The van der Waals surface area contributed by atoms with Gasteiger partial charge >= 0.3 is 0 Å². The number of hydrogen-bond donors (Lipinski definition) is 2. The van der Waals surface area contributed by atoms with Gasteiger partial charge in [0.15, 0.2) is 0 Å². The van der Waals surface area contributed by atoms with Crippen LogP contribution in [0.15, 0.2) is 30.3 Å². The summed E-state index contributed by atoms with van der Waals surface area (Å²) in [6.07, 6.45) is 5.61. The van der Waals surface area contributed by atoms with Gasteiger partial charge in [-0.05, 0) is 43.6 Å². The van der Waals surface area contributed by atoms with Crippen molar-refractivity contribution in [2.24, 2.45) is 5.92 Å². The zero-order valence-electron chi connectivity index (χ0n) is 11.8. The molecule has 1 amide bonds. The molecule has 2 atom stereocenters. The Bertz CT molecular complexity index is 467. The second-order valence-electron chi connectivity index (χ2n) is 6.34. The first kappa shape index (κ1) is 13.6. The van der Waals surface area contributed by atoms with E-state index in [1.807, 2.05) is 18.2 Å². The highest BCUT2D eigenvalue weighted by atomic mass is 16.3. The zero-order valence-corrected chi connectivity index (χ0v) is 11.8. The average Bonchev–Trinajstić information content (AvgIpc) is 2.82. The monoisotopic (exact) mass is 273 g/mol. The first-order valence-electron chi connectivity index (χ1n) is 7.72. The van der Waals surface area contributed by atoms with Crippen molar-refractivity contribution >= 4 is 5.91 Å². The Morgan fingerprint density at radius 3 is 2.55 bits per heavy atom. The molecular formula is C17H23NO2. The summed E-state index contributed by atoms with van der Waals surface area (Å²) in [5.41, 5.74) is 0.855. The minimum absolute atomic E-state index is 0.163. The van der Waals surface area contributed by atoms with Crippen LogP contribution in [0.1, 0.15) is 44.1 Å². The van der Waals surface area contributed by atoms with E-state index in [1.54, 1.807) is 0 Å². The third-order valence-corrected chi connectivity index (χ3v) is 5.03. The number of nitrogens with one attached hydrogen (secondary N) is 1. The quantitative estimate of drug-likeness (QED) is 0.885. The van der Waals surface area contributed by atoms with Gasteiger partial charge in [-0.1, -0.05) is 36.8 Å². The van der Waals surface area contributed by atoms with Crippen molar-refractivity contribution in [1.82, 2.24) is 5.32 Å². The fourth-order valence-electron chi connectivity index (χ4n) is 3.57. The topological polar surface area (TPSA) is 49.3 Å². The molecule has 0 spiro atoms. The molecule has 3 rings (SSSR count). The summed E-state index contributed by atoms with van der Waals surface area (Å²) < 4.78 is 0. The van der Waals surface area contributed by atoms with E-state index < -0.39 is 0 Å². The maximum Gasteiger partial charge on any atom is 0.230 e. The van der Waals surface area contributed by atoms with Crippen LogP contribution in [0.2, 0.25) is 0 Å². The minimum Gasteiger partial charge on any atom is -0.393 e. The zero-order chi connectivity index (χ0) is 14.0. The molecule has 1 aromatic rings. The van der Waals surface area contributed by atoms with Crippen LogP contribution in [0.5, 0.6) is 0 Å².